The summed E-state index contributed by atoms with van der Waals surface area (Å²) in [7, 11) is 0. The molecule has 1 aromatic heterocycles. The first-order valence-corrected chi connectivity index (χ1v) is 8.87. The van der Waals surface area contributed by atoms with E-state index < -0.39 is 0 Å². The number of benzene rings is 1. The van der Waals surface area contributed by atoms with E-state index in [0.717, 1.165) is 11.1 Å². The van der Waals surface area contributed by atoms with Gasteiger partial charge in [-0.2, -0.15) is 0 Å². The van der Waals surface area contributed by atoms with Gasteiger partial charge in [-0.25, -0.2) is 9.78 Å². The molecule has 3 amide bonds. The zero-order chi connectivity index (χ0) is 19.8. The lowest BCUT2D eigenvalue weighted by Crippen LogP contribution is -2.36. The highest BCUT2D eigenvalue weighted by Crippen LogP contribution is 2.18. The molecule has 0 fully saturated rings. The number of urea groups is 1. The summed E-state index contributed by atoms with van der Waals surface area (Å²) in [5, 5.41) is 8.44. The van der Waals surface area contributed by atoms with Crippen LogP contribution in [0.4, 0.5) is 10.5 Å². The van der Waals surface area contributed by atoms with Gasteiger partial charge < -0.3 is 20.7 Å². The SMILES string of the molecule is CC(=O)Nc1cccc(C(C)NC(=O)NCc2cccnc2OC(C)C)c1. The molecule has 144 valence electrons. The zero-order valence-electron chi connectivity index (χ0n) is 16.1. The minimum atomic E-state index is -0.299. The minimum Gasteiger partial charge on any atom is -0.475 e. The van der Waals surface area contributed by atoms with E-state index in [9.17, 15) is 9.59 Å². The summed E-state index contributed by atoms with van der Waals surface area (Å²) >= 11 is 0. The highest BCUT2D eigenvalue weighted by atomic mass is 16.5. The summed E-state index contributed by atoms with van der Waals surface area (Å²) in [4.78, 5) is 27.6. The van der Waals surface area contributed by atoms with Crippen LogP contribution in [-0.2, 0) is 11.3 Å². The number of hydrogen-bond donors (Lipinski definition) is 3. The predicted molar refractivity (Wildman–Crippen MR) is 105 cm³/mol. The van der Waals surface area contributed by atoms with Crippen LogP contribution in [0.1, 0.15) is 44.9 Å². The van der Waals surface area contributed by atoms with Gasteiger partial charge in [0.25, 0.3) is 0 Å². The molecule has 2 rings (SSSR count). The fourth-order valence-electron chi connectivity index (χ4n) is 2.48. The molecule has 1 atom stereocenters. The molecule has 0 aliphatic carbocycles. The highest BCUT2D eigenvalue weighted by molar-refractivity contribution is 5.88. The molecule has 0 saturated heterocycles. The van der Waals surface area contributed by atoms with E-state index in [1.54, 1.807) is 18.3 Å². The van der Waals surface area contributed by atoms with Crippen molar-refractivity contribution in [1.29, 1.82) is 0 Å². The van der Waals surface area contributed by atoms with Crippen LogP contribution in [0.15, 0.2) is 42.6 Å². The molecule has 0 spiro atoms. The van der Waals surface area contributed by atoms with Gasteiger partial charge in [0.1, 0.15) is 0 Å². The van der Waals surface area contributed by atoms with Crippen molar-refractivity contribution in [1.82, 2.24) is 15.6 Å². The molecular weight excluding hydrogens is 344 g/mol. The molecule has 0 aliphatic rings. The molecule has 0 aliphatic heterocycles. The van der Waals surface area contributed by atoms with E-state index in [2.05, 4.69) is 20.9 Å². The van der Waals surface area contributed by atoms with Gasteiger partial charge in [-0.3, -0.25) is 4.79 Å². The average molecular weight is 370 g/mol. The molecule has 0 radical (unpaired) electrons. The summed E-state index contributed by atoms with van der Waals surface area (Å²) < 4.78 is 5.66. The quantitative estimate of drug-likeness (QED) is 0.696. The van der Waals surface area contributed by atoms with Crippen LogP contribution in [-0.4, -0.2) is 23.0 Å². The normalized spacial score (nSPS) is 11.6. The number of anilines is 1. The second-order valence-corrected chi connectivity index (χ2v) is 6.49. The Bertz CT molecular complexity index is 792. The second-order valence-electron chi connectivity index (χ2n) is 6.49. The van der Waals surface area contributed by atoms with Crippen molar-refractivity contribution in [3.05, 3.63) is 53.7 Å². The highest BCUT2D eigenvalue weighted by Gasteiger charge is 2.12. The summed E-state index contributed by atoms with van der Waals surface area (Å²) in [5.41, 5.74) is 2.39. The molecule has 7 nitrogen and oxygen atoms in total. The first-order valence-electron chi connectivity index (χ1n) is 8.87. The molecule has 2 aromatic rings. The lowest BCUT2D eigenvalue weighted by Gasteiger charge is -2.17. The number of carbonyl (C=O) groups excluding carboxylic acids is 2. The average Bonchev–Trinajstić information content (AvgIpc) is 2.60. The fraction of sp³-hybridized carbons (Fsp3) is 0.350. The third kappa shape index (κ3) is 6.62. The van der Waals surface area contributed by atoms with Crippen LogP contribution in [0, 0.1) is 0 Å². The minimum absolute atomic E-state index is 0.00314. The molecular formula is C20H26N4O3. The maximum Gasteiger partial charge on any atom is 0.315 e. The van der Waals surface area contributed by atoms with Gasteiger partial charge in [0, 0.05) is 30.9 Å². The largest absolute Gasteiger partial charge is 0.475 e. The van der Waals surface area contributed by atoms with Crippen LogP contribution in [0.5, 0.6) is 5.88 Å². The molecule has 1 unspecified atom stereocenters. The molecule has 3 N–H and O–H groups in total. The van der Waals surface area contributed by atoms with Gasteiger partial charge in [0.2, 0.25) is 11.8 Å². The molecule has 7 heteroatoms. The van der Waals surface area contributed by atoms with Crippen molar-refractivity contribution in [3.63, 3.8) is 0 Å². The Morgan fingerprint density at radius 1 is 1.15 bits per heavy atom. The number of hydrogen-bond acceptors (Lipinski definition) is 4. The molecule has 1 aromatic carbocycles. The van der Waals surface area contributed by atoms with E-state index >= 15 is 0 Å². The van der Waals surface area contributed by atoms with E-state index in [4.69, 9.17) is 4.74 Å². The first kappa shape index (κ1) is 20.2. The van der Waals surface area contributed by atoms with Gasteiger partial charge in [-0.05, 0) is 44.5 Å². The van der Waals surface area contributed by atoms with Crippen molar-refractivity contribution < 1.29 is 14.3 Å². The summed E-state index contributed by atoms with van der Waals surface area (Å²) in [6.45, 7) is 7.49. The Kier molecular flexibility index (Phi) is 7.16. The Balaban J connectivity index is 1.93. The number of pyridine rings is 1. The third-order valence-corrected chi connectivity index (χ3v) is 3.69. The maximum atomic E-state index is 12.2. The van der Waals surface area contributed by atoms with Crippen LogP contribution in [0.3, 0.4) is 0 Å². The number of amides is 3. The zero-order valence-corrected chi connectivity index (χ0v) is 16.1. The number of aromatic nitrogens is 1. The molecule has 0 bridgehead atoms. The van der Waals surface area contributed by atoms with Crippen LogP contribution in [0.25, 0.3) is 0 Å². The molecule has 1 heterocycles. The number of nitrogens with one attached hydrogen (secondary N) is 3. The van der Waals surface area contributed by atoms with E-state index in [1.807, 2.05) is 45.0 Å². The Hall–Kier alpha value is -3.09. The van der Waals surface area contributed by atoms with Crippen molar-refractivity contribution in [2.75, 3.05) is 5.32 Å². The van der Waals surface area contributed by atoms with Gasteiger partial charge in [0.05, 0.1) is 12.1 Å². The van der Waals surface area contributed by atoms with Gasteiger partial charge in [-0.1, -0.05) is 18.2 Å². The van der Waals surface area contributed by atoms with Crippen molar-refractivity contribution in [2.45, 2.75) is 46.4 Å². The summed E-state index contributed by atoms with van der Waals surface area (Å²) in [6.07, 6.45) is 1.66. The maximum absolute atomic E-state index is 12.2. The first-order chi connectivity index (χ1) is 12.8. The topological polar surface area (TPSA) is 92.4 Å². The third-order valence-electron chi connectivity index (χ3n) is 3.69. The van der Waals surface area contributed by atoms with E-state index in [-0.39, 0.29) is 24.1 Å². The van der Waals surface area contributed by atoms with E-state index in [0.29, 0.717) is 18.1 Å². The smallest absolute Gasteiger partial charge is 0.315 e. The second kappa shape index (κ2) is 9.56. The van der Waals surface area contributed by atoms with Gasteiger partial charge in [0.15, 0.2) is 0 Å². The predicted octanol–water partition coefficient (Wildman–Crippen LogP) is 3.39. The monoisotopic (exact) mass is 370 g/mol. The van der Waals surface area contributed by atoms with Crippen LogP contribution < -0.4 is 20.7 Å². The van der Waals surface area contributed by atoms with Crippen molar-refractivity contribution in [2.24, 2.45) is 0 Å². The Morgan fingerprint density at radius 3 is 2.63 bits per heavy atom. The standard InChI is InChI=1S/C20H26N4O3/c1-13(2)27-19-17(8-6-10-21-19)12-22-20(26)23-14(3)16-7-5-9-18(11-16)24-15(4)25/h5-11,13-14H,12H2,1-4H3,(H,24,25)(H2,22,23,26). The van der Waals surface area contributed by atoms with Gasteiger partial charge >= 0.3 is 6.03 Å². The summed E-state index contributed by atoms with van der Waals surface area (Å²) in [5.74, 6) is 0.380. The lowest BCUT2D eigenvalue weighted by atomic mass is 10.1. The van der Waals surface area contributed by atoms with Crippen molar-refractivity contribution >= 4 is 17.6 Å². The van der Waals surface area contributed by atoms with Crippen LogP contribution in [0.2, 0.25) is 0 Å². The molecule has 0 saturated carbocycles. The van der Waals surface area contributed by atoms with Crippen molar-refractivity contribution in [3.8, 4) is 5.88 Å². The number of nitrogens with zero attached hydrogens (tertiary/aromatic N) is 1. The Morgan fingerprint density at radius 2 is 1.93 bits per heavy atom. The summed E-state index contributed by atoms with van der Waals surface area (Å²) in [6, 6.07) is 10.5. The van der Waals surface area contributed by atoms with E-state index in [1.165, 1.54) is 6.92 Å². The number of rotatable bonds is 7. The fourth-order valence-corrected chi connectivity index (χ4v) is 2.48. The lowest BCUT2D eigenvalue weighted by molar-refractivity contribution is -0.114. The number of carbonyl (C=O) groups is 2. The molecule has 27 heavy (non-hydrogen) atoms. The van der Waals surface area contributed by atoms with Crippen LogP contribution >= 0.6 is 0 Å². The Labute approximate surface area is 159 Å². The van der Waals surface area contributed by atoms with Gasteiger partial charge in [-0.15, -0.1) is 0 Å². The number of ether oxygens (including phenoxy) is 1.